The molecule has 1 heterocycles. The number of halogens is 3. The van der Waals surface area contributed by atoms with Gasteiger partial charge in [0.1, 0.15) is 5.60 Å². The minimum absolute atomic E-state index is 0.0226. The summed E-state index contributed by atoms with van der Waals surface area (Å²) in [5.74, 6) is 0. The van der Waals surface area contributed by atoms with Crippen molar-refractivity contribution >= 4 is 15.9 Å². The van der Waals surface area contributed by atoms with Gasteiger partial charge in [-0.15, -0.1) is 0 Å². The second-order valence-electron chi connectivity index (χ2n) is 2.64. The minimum atomic E-state index is -3.20. The van der Waals surface area contributed by atoms with Crippen LogP contribution in [0, 0.1) is 0 Å². The summed E-state index contributed by atoms with van der Waals surface area (Å²) in [4.78, 5) is -3.20. The van der Waals surface area contributed by atoms with Crippen LogP contribution in [0.1, 0.15) is 12.8 Å². The van der Waals surface area contributed by atoms with Gasteiger partial charge in [0.2, 0.25) is 0 Å². The highest BCUT2D eigenvalue weighted by atomic mass is 79.9. The van der Waals surface area contributed by atoms with Crippen LogP contribution in [0.5, 0.6) is 0 Å². The fourth-order valence-electron chi connectivity index (χ4n) is 0.993. The van der Waals surface area contributed by atoms with Crippen molar-refractivity contribution in [3.63, 3.8) is 0 Å². The van der Waals surface area contributed by atoms with E-state index in [2.05, 4.69) is 15.9 Å². The zero-order valence-corrected chi connectivity index (χ0v) is 7.40. The summed E-state index contributed by atoms with van der Waals surface area (Å²) in [6, 6.07) is 0. The van der Waals surface area contributed by atoms with E-state index in [1.54, 1.807) is 0 Å². The SMILES string of the molecule is OC1(C(F)(F)Br)CCOCC1. The maximum atomic E-state index is 12.6. The van der Waals surface area contributed by atoms with Crippen LogP contribution in [0.25, 0.3) is 0 Å². The van der Waals surface area contributed by atoms with Gasteiger partial charge in [-0.3, -0.25) is 0 Å². The molecule has 1 fully saturated rings. The highest BCUT2D eigenvalue weighted by molar-refractivity contribution is 9.10. The second kappa shape index (κ2) is 2.95. The molecule has 1 aliphatic heterocycles. The van der Waals surface area contributed by atoms with E-state index in [0.29, 0.717) is 0 Å². The molecule has 0 unspecified atom stereocenters. The van der Waals surface area contributed by atoms with Gasteiger partial charge in [0, 0.05) is 26.1 Å². The average Bonchev–Trinajstić information content (AvgIpc) is 1.87. The molecule has 66 valence electrons. The van der Waals surface area contributed by atoms with E-state index in [9.17, 15) is 13.9 Å². The molecule has 1 N–H and O–H groups in total. The molecule has 0 aromatic rings. The van der Waals surface area contributed by atoms with Crippen LogP contribution in [0.15, 0.2) is 0 Å². The molecule has 1 rings (SSSR count). The number of rotatable bonds is 1. The van der Waals surface area contributed by atoms with Gasteiger partial charge in [-0.1, -0.05) is 0 Å². The van der Waals surface area contributed by atoms with Crippen LogP contribution >= 0.6 is 15.9 Å². The smallest absolute Gasteiger partial charge is 0.329 e. The van der Waals surface area contributed by atoms with Crippen LogP contribution in [0.3, 0.4) is 0 Å². The molecule has 1 saturated heterocycles. The van der Waals surface area contributed by atoms with Crippen molar-refractivity contribution in [2.45, 2.75) is 23.3 Å². The Kier molecular flexibility index (Phi) is 2.51. The van der Waals surface area contributed by atoms with Crippen molar-refractivity contribution in [3.8, 4) is 0 Å². The van der Waals surface area contributed by atoms with E-state index >= 15 is 0 Å². The first-order chi connectivity index (χ1) is 4.96. The van der Waals surface area contributed by atoms with Gasteiger partial charge < -0.3 is 9.84 Å². The lowest BCUT2D eigenvalue weighted by Gasteiger charge is -2.35. The molecule has 0 atom stereocenters. The number of aliphatic hydroxyl groups is 1. The summed E-state index contributed by atoms with van der Waals surface area (Å²) in [6.07, 6.45) is -0.0451. The molecule has 0 radical (unpaired) electrons. The molecular formula is C6H9BrF2O2. The highest BCUT2D eigenvalue weighted by Gasteiger charge is 2.51. The summed E-state index contributed by atoms with van der Waals surface area (Å²) in [7, 11) is 0. The molecule has 0 aromatic heterocycles. The summed E-state index contributed by atoms with van der Waals surface area (Å²) in [6.45, 7) is 0.384. The quantitative estimate of drug-likeness (QED) is 0.693. The highest BCUT2D eigenvalue weighted by Crippen LogP contribution is 2.40. The zero-order valence-electron chi connectivity index (χ0n) is 5.82. The van der Waals surface area contributed by atoms with Gasteiger partial charge in [0.15, 0.2) is 0 Å². The van der Waals surface area contributed by atoms with Crippen molar-refractivity contribution in [1.82, 2.24) is 0 Å². The molecule has 0 aromatic carbocycles. The van der Waals surface area contributed by atoms with Crippen molar-refractivity contribution < 1.29 is 18.6 Å². The first kappa shape index (κ1) is 9.35. The second-order valence-corrected chi connectivity index (χ2v) is 3.64. The lowest BCUT2D eigenvalue weighted by molar-refractivity contribution is -0.161. The molecule has 2 nitrogen and oxygen atoms in total. The normalized spacial score (nSPS) is 25.1. The molecule has 11 heavy (non-hydrogen) atoms. The number of ether oxygens (including phenoxy) is 1. The van der Waals surface area contributed by atoms with Crippen LogP contribution in [0.4, 0.5) is 8.78 Å². The third kappa shape index (κ3) is 1.89. The Morgan fingerprint density at radius 3 is 2.09 bits per heavy atom. The summed E-state index contributed by atoms with van der Waals surface area (Å²) >= 11 is 2.16. The predicted molar refractivity (Wildman–Crippen MR) is 38.9 cm³/mol. The molecule has 0 bridgehead atoms. The number of hydrogen-bond acceptors (Lipinski definition) is 2. The van der Waals surface area contributed by atoms with E-state index in [0.717, 1.165) is 0 Å². The van der Waals surface area contributed by atoms with E-state index in [-0.39, 0.29) is 26.1 Å². The maximum absolute atomic E-state index is 12.6. The van der Waals surface area contributed by atoms with Crippen LogP contribution in [0.2, 0.25) is 0 Å². The third-order valence-corrected chi connectivity index (χ3v) is 2.59. The Balaban J connectivity index is 2.64. The Morgan fingerprint density at radius 2 is 1.82 bits per heavy atom. The first-order valence-electron chi connectivity index (χ1n) is 3.33. The molecule has 1 aliphatic rings. The standard InChI is InChI=1S/C6H9BrF2O2/c7-6(8,9)5(10)1-3-11-4-2-5/h10H,1-4H2. The lowest BCUT2D eigenvalue weighted by Crippen LogP contribution is -2.48. The van der Waals surface area contributed by atoms with Gasteiger partial charge in [-0.05, 0) is 15.9 Å². The topological polar surface area (TPSA) is 29.5 Å². The monoisotopic (exact) mass is 230 g/mol. The molecular weight excluding hydrogens is 222 g/mol. The summed E-state index contributed by atoms with van der Waals surface area (Å²) in [5, 5.41) is 9.33. The van der Waals surface area contributed by atoms with E-state index in [4.69, 9.17) is 4.74 Å². The zero-order chi connectivity index (χ0) is 8.54. The third-order valence-electron chi connectivity index (χ3n) is 1.85. The molecule has 0 aliphatic carbocycles. The fraction of sp³-hybridized carbons (Fsp3) is 1.00. The first-order valence-corrected chi connectivity index (χ1v) is 4.12. The van der Waals surface area contributed by atoms with Crippen LogP contribution in [-0.2, 0) is 4.74 Å². The predicted octanol–water partition coefficient (Wildman–Crippen LogP) is 1.52. The summed E-state index contributed by atoms with van der Waals surface area (Å²) < 4.78 is 30.1. The Bertz CT molecular complexity index is 140. The van der Waals surface area contributed by atoms with Gasteiger partial charge in [0.05, 0.1) is 0 Å². The van der Waals surface area contributed by atoms with Crippen molar-refractivity contribution in [2.75, 3.05) is 13.2 Å². The van der Waals surface area contributed by atoms with Gasteiger partial charge >= 0.3 is 4.83 Å². The van der Waals surface area contributed by atoms with Crippen LogP contribution in [-0.4, -0.2) is 28.8 Å². The van der Waals surface area contributed by atoms with Crippen molar-refractivity contribution in [3.05, 3.63) is 0 Å². The van der Waals surface area contributed by atoms with Crippen LogP contribution < -0.4 is 0 Å². The van der Waals surface area contributed by atoms with E-state index < -0.39 is 10.4 Å². The molecule has 0 amide bonds. The van der Waals surface area contributed by atoms with Gasteiger partial charge in [-0.2, -0.15) is 8.78 Å². The Morgan fingerprint density at radius 1 is 1.36 bits per heavy atom. The molecule has 0 saturated carbocycles. The molecule has 0 spiro atoms. The number of hydrogen-bond donors (Lipinski definition) is 1. The largest absolute Gasteiger partial charge is 0.382 e. The van der Waals surface area contributed by atoms with Crippen molar-refractivity contribution in [2.24, 2.45) is 0 Å². The Labute approximate surface area is 71.7 Å². The average molecular weight is 231 g/mol. The Hall–Kier alpha value is 0.260. The van der Waals surface area contributed by atoms with Gasteiger partial charge in [0.25, 0.3) is 0 Å². The maximum Gasteiger partial charge on any atom is 0.329 e. The van der Waals surface area contributed by atoms with E-state index in [1.165, 1.54) is 0 Å². The number of alkyl halides is 3. The molecule has 5 heteroatoms. The van der Waals surface area contributed by atoms with Crippen molar-refractivity contribution in [1.29, 1.82) is 0 Å². The van der Waals surface area contributed by atoms with E-state index in [1.807, 2.05) is 0 Å². The van der Waals surface area contributed by atoms with Gasteiger partial charge in [-0.25, -0.2) is 0 Å². The lowest BCUT2D eigenvalue weighted by atomic mass is 9.95. The minimum Gasteiger partial charge on any atom is -0.382 e. The fourth-order valence-corrected chi connectivity index (χ4v) is 1.39. The summed E-state index contributed by atoms with van der Waals surface area (Å²) in [5.41, 5.74) is -1.93.